The van der Waals surface area contributed by atoms with Gasteiger partial charge in [0.25, 0.3) is 0 Å². The smallest absolute Gasteiger partial charge is 0.185 e. The zero-order chi connectivity index (χ0) is 24.6. The van der Waals surface area contributed by atoms with E-state index < -0.39 is 9.84 Å². The fourth-order valence-electron chi connectivity index (χ4n) is 3.73. The highest BCUT2D eigenvalue weighted by Gasteiger charge is 2.20. The summed E-state index contributed by atoms with van der Waals surface area (Å²) in [6.07, 6.45) is 1.35. The molecule has 0 aliphatic carbocycles. The topological polar surface area (TPSA) is 94.9 Å². The molecule has 11 heteroatoms. The molecule has 0 radical (unpaired) electrons. The van der Waals surface area contributed by atoms with Gasteiger partial charge < -0.3 is 4.74 Å². The molecule has 0 amide bonds. The maximum Gasteiger partial charge on any atom is 0.185 e. The van der Waals surface area contributed by atoms with Crippen LogP contribution in [0.1, 0.15) is 5.01 Å². The number of aromatic nitrogens is 4. The summed E-state index contributed by atoms with van der Waals surface area (Å²) < 4.78 is 45.1. The third-order valence-electron chi connectivity index (χ3n) is 5.37. The first-order valence-electron chi connectivity index (χ1n) is 10.2. The Morgan fingerprint density at radius 1 is 1.06 bits per heavy atom. The SMILES string of the molecule is COc1cc(-c2cccc(F)c2)c(Cl)cc1-c1ncnc2cc(S(=O)(=O)Cc3nncs3)ccc12. The Kier molecular flexibility index (Phi) is 6.18. The molecule has 0 saturated carbocycles. The van der Waals surface area contributed by atoms with Gasteiger partial charge in [0.1, 0.15) is 34.2 Å². The molecule has 176 valence electrons. The molecule has 7 nitrogen and oxygen atoms in total. The summed E-state index contributed by atoms with van der Waals surface area (Å²) in [6.45, 7) is 0. The van der Waals surface area contributed by atoms with Gasteiger partial charge in [-0.1, -0.05) is 23.7 Å². The van der Waals surface area contributed by atoms with E-state index in [1.54, 1.807) is 30.3 Å². The van der Waals surface area contributed by atoms with Crippen molar-refractivity contribution < 1.29 is 17.5 Å². The lowest BCUT2D eigenvalue weighted by Crippen LogP contribution is -2.05. The number of fused-ring (bicyclic) bond motifs is 1. The quantitative estimate of drug-likeness (QED) is 0.284. The molecule has 2 heterocycles. The molecule has 0 spiro atoms. The Labute approximate surface area is 209 Å². The number of nitrogens with zero attached hydrogens (tertiary/aromatic N) is 4. The standard InChI is InChI=1S/C24H16ClFN4O3S2/c1-33-22-10-18(14-3-2-4-15(26)7-14)20(25)9-19(22)24-17-6-5-16(8-21(17)27-12-28-24)35(31,32)11-23-30-29-13-34-23/h2-10,12-13H,11H2,1H3. The second-order valence-electron chi connectivity index (χ2n) is 7.54. The van der Waals surface area contributed by atoms with Crippen LogP contribution in [0.4, 0.5) is 4.39 Å². The average molecular weight is 527 g/mol. The first-order chi connectivity index (χ1) is 16.9. The summed E-state index contributed by atoms with van der Waals surface area (Å²) in [5, 5.41) is 8.92. The van der Waals surface area contributed by atoms with Gasteiger partial charge >= 0.3 is 0 Å². The summed E-state index contributed by atoms with van der Waals surface area (Å²) in [6, 6.07) is 14.2. The van der Waals surface area contributed by atoms with Gasteiger partial charge in [0.2, 0.25) is 0 Å². The molecule has 2 aromatic heterocycles. The predicted octanol–water partition coefficient (Wildman–Crippen LogP) is 5.59. The number of sulfone groups is 1. The number of hydrogen-bond donors (Lipinski definition) is 0. The molecule has 35 heavy (non-hydrogen) atoms. The van der Waals surface area contributed by atoms with Crippen molar-refractivity contribution in [2.75, 3.05) is 7.11 Å². The monoisotopic (exact) mass is 526 g/mol. The zero-order valence-corrected chi connectivity index (χ0v) is 20.5. The molecule has 0 atom stereocenters. The number of rotatable bonds is 6. The van der Waals surface area contributed by atoms with Crippen molar-refractivity contribution in [1.29, 1.82) is 0 Å². The van der Waals surface area contributed by atoms with E-state index in [9.17, 15) is 12.8 Å². The van der Waals surface area contributed by atoms with E-state index in [1.165, 1.54) is 54.5 Å². The second kappa shape index (κ2) is 9.29. The predicted molar refractivity (Wildman–Crippen MR) is 133 cm³/mol. The molecule has 0 unspecified atom stereocenters. The third kappa shape index (κ3) is 4.60. The molecular weight excluding hydrogens is 511 g/mol. The van der Waals surface area contributed by atoms with Gasteiger partial charge in [-0.15, -0.1) is 21.5 Å². The van der Waals surface area contributed by atoms with Crippen molar-refractivity contribution in [2.45, 2.75) is 10.6 Å². The molecule has 0 fully saturated rings. The van der Waals surface area contributed by atoms with Gasteiger partial charge in [0.15, 0.2) is 9.84 Å². The summed E-state index contributed by atoms with van der Waals surface area (Å²) in [5.74, 6) is -0.145. The van der Waals surface area contributed by atoms with Crippen molar-refractivity contribution >= 4 is 43.7 Å². The van der Waals surface area contributed by atoms with Crippen LogP contribution in [0.15, 0.2) is 71.3 Å². The van der Waals surface area contributed by atoms with E-state index in [-0.39, 0.29) is 16.5 Å². The highest BCUT2D eigenvalue weighted by Crippen LogP contribution is 2.40. The Balaban J connectivity index is 1.60. The van der Waals surface area contributed by atoms with Gasteiger partial charge in [-0.2, -0.15) is 0 Å². The molecule has 5 aromatic rings. The molecule has 0 aliphatic heterocycles. The molecule has 0 aliphatic rings. The van der Waals surface area contributed by atoms with Crippen LogP contribution in [-0.2, 0) is 15.6 Å². The number of ether oxygens (including phenoxy) is 1. The fourth-order valence-corrected chi connectivity index (χ4v) is 6.17. The van der Waals surface area contributed by atoms with Gasteiger partial charge in [-0.05, 0) is 48.0 Å². The maximum atomic E-state index is 13.8. The summed E-state index contributed by atoms with van der Waals surface area (Å²) in [5.41, 5.74) is 4.26. The normalized spacial score (nSPS) is 11.6. The number of benzene rings is 3. The number of hydrogen-bond acceptors (Lipinski definition) is 8. The van der Waals surface area contributed by atoms with Crippen LogP contribution in [0, 0.1) is 5.82 Å². The Morgan fingerprint density at radius 2 is 1.91 bits per heavy atom. The van der Waals surface area contributed by atoms with Gasteiger partial charge in [0, 0.05) is 21.5 Å². The van der Waals surface area contributed by atoms with Gasteiger partial charge in [-0.3, -0.25) is 0 Å². The Hall–Kier alpha value is -3.47. The molecule has 0 N–H and O–H groups in total. The Bertz CT molecular complexity index is 1660. The van der Waals surface area contributed by atoms with E-state index in [0.29, 0.717) is 49.1 Å². The molecule has 0 saturated heterocycles. The first-order valence-corrected chi connectivity index (χ1v) is 13.1. The summed E-state index contributed by atoms with van der Waals surface area (Å²) in [7, 11) is -2.12. The van der Waals surface area contributed by atoms with E-state index in [0.717, 1.165) is 0 Å². The van der Waals surface area contributed by atoms with Crippen molar-refractivity contribution in [3.8, 4) is 28.1 Å². The van der Waals surface area contributed by atoms with Crippen molar-refractivity contribution in [3.63, 3.8) is 0 Å². The van der Waals surface area contributed by atoms with Gasteiger partial charge in [-0.25, -0.2) is 22.8 Å². The molecule has 5 rings (SSSR count). The lowest BCUT2D eigenvalue weighted by atomic mass is 9.99. The number of methoxy groups -OCH3 is 1. The lowest BCUT2D eigenvalue weighted by Gasteiger charge is -2.14. The third-order valence-corrected chi connectivity index (χ3v) is 8.18. The van der Waals surface area contributed by atoms with Crippen molar-refractivity contribution in [1.82, 2.24) is 20.2 Å². The van der Waals surface area contributed by atoms with Crippen molar-refractivity contribution in [2.24, 2.45) is 0 Å². The maximum absolute atomic E-state index is 13.8. The van der Waals surface area contributed by atoms with Crippen molar-refractivity contribution in [3.05, 3.63) is 82.3 Å². The highest BCUT2D eigenvalue weighted by molar-refractivity contribution is 7.90. The summed E-state index contributed by atoms with van der Waals surface area (Å²) >= 11 is 7.77. The second-order valence-corrected chi connectivity index (χ2v) is 10.9. The Morgan fingerprint density at radius 3 is 2.66 bits per heavy atom. The first kappa shape index (κ1) is 23.3. The summed E-state index contributed by atoms with van der Waals surface area (Å²) in [4.78, 5) is 8.82. The van der Waals surface area contributed by atoms with E-state index >= 15 is 0 Å². The van der Waals surface area contributed by atoms with Crippen LogP contribution in [0.25, 0.3) is 33.3 Å². The fraction of sp³-hybridized carbons (Fsp3) is 0.0833. The van der Waals surface area contributed by atoms with Crippen LogP contribution < -0.4 is 4.74 Å². The van der Waals surface area contributed by atoms with Crippen LogP contribution in [0.3, 0.4) is 0 Å². The average Bonchev–Trinajstić information content (AvgIpc) is 3.35. The van der Waals surface area contributed by atoms with Gasteiger partial charge in [0.05, 0.1) is 23.2 Å². The zero-order valence-electron chi connectivity index (χ0n) is 18.1. The van der Waals surface area contributed by atoms with E-state index in [4.69, 9.17) is 16.3 Å². The van der Waals surface area contributed by atoms with Crippen LogP contribution in [-0.4, -0.2) is 35.7 Å². The minimum absolute atomic E-state index is 0.122. The number of halogens is 2. The molecule has 0 bridgehead atoms. The van der Waals surface area contributed by atoms with E-state index in [2.05, 4.69) is 20.2 Å². The lowest BCUT2D eigenvalue weighted by molar-refractivity contribution is 0.416. The minimum Gasteiger partial charge on any atom is -0.496 e. The van der Waals surface area contributed by atoms with Crippen LogP contribution in [0.2, 0.25) is 5.02 Å². The minimum atomic E-state index is -3.64. The molecular formula is C24H16ClFN4O3S2. The van der Waals surface area contributed by atoms with Crippen LogP contribution >= 0.6 is 22.9 Å². The highest BCUT2D eigenvalue weighted by atomic mass is 35.5. The largest absolute Gasteiger partial charge is 0.496 e. The molecule has 3 aromatic carbocycles. The van der Waals surface area contributed by atoms with Crippen LogP contribution in [0.5, 0.6) is 5.75 Å². The van der Waals surface area contributed by atoms with E-state index in [1.807, 2.05) is 0 Å².